The first kappa shape index (κ1) is 11.4. The van der Waals surface area contributed by atoms with Gasteiger partial charge in [0.05, 0.1) is 0 Å². The van der Waals surface area contributed by atoms with Crippen molar-refractivity contribution in [3.05, 3.63) is 35.1 Å². The molecule has 16 heavy (non-hydrogen) atoms. The first-order chi connectivity index (χ1) is 7.34. The molecule has 0 bridgehead atoms. The van der Waals surface area contributed by atoms with E-state index in [1.54, 1.807) is 0 Å². The fourth-order valence-electron chi connectivity index (χ4n) is 2.09. The summed E-state index contributed by atoms with van der Waals surface area (Å²) < 4.78 is 64.8. The van der Waals surface area contributed by atoms with Gasteiger partial charge in [-0.2, -0.15) is 13.2 Å². The third kappa shape index (κ3) is 1.58. The number of halogens is 5. The Bertz CT molecular complexity index is 409. The molecule has 0 aliphatic heterocycles. The van der Waals surface area contributed by atoms with E-state index in [9.17, 15) is 22.0 Å². The van der Waals surface area contributed by atoms with Crippen molar-refractivity contribution in [1.29, 1.82) is 0 Å². The molecule has 5 heteroatoms. The molecular formula is C11H9F5. The molecule has 0 heterocycles. The fourth-order valence-corrected chi connectivity index (χ4v) is 2.09. The lowest BCUT2D eigenvalue weighted by atomic mass is 9.80. The Kier molecular flexibility index (Phi) is 2.44. The Morgan fingerprint density at radius 3 is 2.50 bits per heavy atom. The Morgan fingerprint density at radius 1 is 1.19 bits per heavy atom. The predicted molar refractivity (Wildman–Crippen MR) is 48.2 cm³/mol. The first-order valence-corrected chi connectivity index (χ1v) is 4.89. The molecule has 0 saturated heterocycles. The van der Waals surface area contributed by atoms with Gasteiger partial charge >= 0.3 is 6.18 Å². The van der Waals surface area contributed by atoms with Crippen LogP contribution in [0.5, 0.6) is 0 Å². The molecule has 0 N–H and O–H groups in total. The van der Waals surface area contributed by atoms with Crippen LogP contribution in [0.1, 0.15) is 24.0 Å². The van der Waals surface area contributed by atoms with Gasteiger partial charge in [-0.05, 0) is 37.0 Å². The minimum atomic E-state index is -4.99. The predicted octanol–water partition coefficient (Wildman–Crippen LogP) is 3.89. The van der Waals surface area contributed by atoms with Crippen molar-refractivity contribution in [2.45, 2.75) is 31.1 Å². The van der Waals surface area contributed by atoms with Gasteiger partial charge < -0.3 is 0 Å². The molecular weight excluding hydrogens is 227 g/mol. The summed E-state index contributed by atoms with van der Waals surface area (Å²) >= 11 is 0. The molecule has 0 spiro atoms. The summed E-state index contributed by atoms with van der Waals surface area (Å²) in [5, 5.41) is 0. The molecule has 0 radical (unpaired) electrons. The lowest BCUT2D eigenvalue weighted by molar-refractivity contribution is -0.240. The zero-order valence-corrected chi connectivity index (χ0v) is 8.24. The van der Waals surface area contributed by atoms with Gasteiger partial charge in [-0.3, -0.25) is 0 Å². The van der Waals surface area contributed by atoms with Gasteiger partial charge in [-0.1, -0.05) is 6.07 Å². The molecule has 1 atom stereocenters. The highest BCUT2D eigenvalue weighted by Crippen LogP contribution is 2.49. The molecule has 1 aliphatic rings. The Labute approximate surface area is 89.1 Å². The van der Waals surface area contributed by atoms with E-state index in [0.717, 1.165) is 6.07 Å². The summed E-state index contributed by atoms with van der Waals surface area (Å²) in [5.74, 6) is -0.841. The second-order valence-corrected chi connectivity index (χ2v) is 3.95. The van der Waals surface area contributed by atoms with Crippen LogP contribution in [0.2, 0.25) is 0 Å². The van der Waals surface area contributed by atoms with Crippen LogP contribution in [0, 0.1) is 5.82 Å². The standard InChI is InChI=1S/C11H9F5/c12-8-4-3-7-2-1-5-10(13,9(7)6-8)11(14,15)16/h3-4,6H,1-2,5H2. The van der Waals surface area contributed by atoms with Crippen molar-refractivity contribution in [2.75, 3.05) is 0 Å². The van der Waals surface area contributed by atoms with Gasteiger partial charge in [0.25, 0.3) is 0 Å². The topological polar surface area (TPSA) is 0 Å². The van der Waals surface area contributed by atoms with Crippen molar-refractivity contribution in [2.24, 2.45) is 0 Å². The van der Waals surface area contributed by atoms with Crippen LogP contribution in [0.25, 0.3) is 0 Å². The van der Waals surface area contributed by atoms with Crippen molar-refractivity contribution in [3.8, 4) is 0 Å². The normalized spacial score (nSPS) is 25.3. The molecule has 0 saturated carbocycles. The quantitative estimate of drug-likeness (QED) is 0.599. The highest BCUT2D eigenvalue weighted by molar-refractivity contribution is 5.36. The van der Waals surface area contributed by atoms with E-state index >= 15 is 0 Å². The summed E-state index contributed by atoms with van der Waals surface area (Å²) in [6, 6.07) is 2.94. The Morgan fingerprint density at radius 2 is 1.88 bits per heavy atom. The molecule has 88 valence electrons. The van der Waals surface area contributed by atoms with E-state index in [2.05, 4.69) is 0 Å². The van der Waals surface area contributed by atoms with E-state index < -0.39 is 29.6 Å². The highest BCUT2D eigenvalue weighted by Gasteiger charge is 2.58. The average Bonchev–Trinajstić information content (AvgIpc) is 2.18. The number of benzene rings is 1. The zero-order valence-electron chi connectivity index (χ0n) is 8.24. The SMILES string of the molecule is Fc1ccc2c(c1)C(F)(C(F)(F)F)CCC2. The smallest absolute Gasteiger partial charge is 0.229 e. The number of hydrogen-bond acceptors (Lipinski definition) is 0. The maximum absolute atomic E-state index is 14.0. The monoisotopic (exact) mass is 236 g/mol. The van der Waals surface area contributed by atoms with Gasteiger partial charge in [-0.25, -0.2) is 8.78 Å². The molecule has 1 aromatic carbocycles. The zero-order chi connectivity index (χ0) is 12.0. The van der Waals surface area contributed by atoms with Crippen LogP contribution >= 0.6 is 0 Å². The first-order valence-electron chi connectivity index (χ1n) is 4.89. The van der Waals surface area contributed by atoms with Crippen LogP contribution in [-0.2, 0) is 12.1 Å². The maximum atomic E-state index is 14.0. The molecule has 1 aromatic rings. The van der Waals surface area contributed by atoms with E-state index in [4.69, 9.17) is 0 Å². The average molecular weight is 236 g/mol. The lowest BCUT2D eigenvalue weighted by Crippen LogP contribution is -2.41. The number of alkyl halides is 4. The van der Waals surface area contributed by atoms with E-state index in [1.807, 2.05) is 0 Å². The van der Waals surface area contributed by atoms with Crippen molar-refractivity contribution in [1.82, 2.24) is 0 Å². The third-order valence-electron chi connectivity index (χ3n) is 2.92. The van der Waals surface area contributed by atoms with Gasteiger partial charge in [0.1, 0.15) is 5.82 Å². The second-order valence-electron chi connectivity index (χ2n) is 3.95. The summed E-state index contributed by atoms with van der Waals surface area (Å²) in [4.78, 5) is 0. The van der Waals surface area contributed by atoms with Crippen LogP contribution < -0.4 is 0 Å². The van der Waals surface area contributed by atoms with Gasteiger partial charge in [0, 0.05) is 5.56 Å². The van der Waals surface area contributed by atoms with Crippen molar-refractivity contribution >= 4 is 0 Å². The highest BCUT2D eigenvalue weighted by atomic mass is 19.4. The maximum Gasteiger partial charge on any atom is 0.426 e. The van der Waals surface area contributed by atoms with Crippen molar-refractivity contribution < 1.29 is 22.0 Å². The largest absolute Gasteiger partial charge is 0.426 e. The van der Waals surface area contributed by atoms with Gasteiger partial charge in [-0.15, -0.1) is 0 Å². The van der Waals surface area contributed by atoms with Crippen molar-refractivity contribution in [3.63, 3.8) is 0 Å². The second kappa shape index (κ2) is 3.43. The number of hydrogen-bond donors (Lipinski definition) is 0. The Balaban J connectivity index is 2.59. The fraction of sp³-hybridized carbons (Fsp3) is 0.455. The summed E-state index contributed by atoms with van der Waals surface area (Å²) in [5.41, 5.74) is -3.72. The molecule has 0 amide bonds. The molecule has 1 aliphatic carbocycles. The van der Waals surface area contributed by atoms with Crippen LogP contribution in [0.4, 0.5) is 22.0 Å². The van der Waals surface area contributed by atoms with Crippen LogP contribution in [-0.4, -0.2) is 6.18 Å². The minimum Gasteiger partial charge on any atom is -0.229 e. The third-order valence-corrected chi connectivity index (χ3v) is 2.92. The molecule has 2 rings (SSSR count). The molecule has 0 nitrogen and oxygen atoms in total. The lowest BCUT2D eigenvalue weighted by Gasteiger charge is -2.33. The Hall–Kier alpha value is -1.13. The van der Waals surface area contributed by atoms with Crippen LogP contribution in [0.3, 0.4) is 0 Å². The van der Waals surface area contributed by atoms with Gasteiger partial charge in [0.2, 0.25) is 5.67 Å². The molecule has 0 fully saturated rings. The minimum absolute atomic E-state index is 0.120. The van der Waals surface area contributed by atoms with E-state index in [0.29, 0.717) is 12.5 Å². The summed E-state index contributed by atoms with van der Waals surface area (Å²) in [7, 11) is 0. The molecule has 0 aromatic heterocycles. The van der Waals surface area contributed by atoms with Crippen LogP contribution in [0.15, 0.2) is 18.2 Å². The number of aryl methyl sites for hydroxylation is 1. The molecule has 1 unspecified atom stereocenters. The number of rotatable bonds is 0. The number of fused-ring (bicyclic) bond motifs is 1. The summed E-state index contributed by atoms with van der Waals surface area (Å²) in [6.45, 7) is 0. The summed E-state index contributed by atoms with van der Waals surface area (Å²) in [6.07, 6.45) is -5.14. The van der Waals surface area contributed by atoms with Gasteiger partial charge in [0.15, 0.2) is 0 Å². The van der Waals surface area contributed by atoms with E-state index in [1.165, 1.54) is 6.07 Å². The van der Waals surface area contributed by atoms with E-state index in [-0.39, 0.29) is 12.0 Å².